The minimum absolute atomic E-state index is 0.0986. The molecule has 13 heteroatoms. The van der Waals surface area contributed by atoms with E-state index in [1.807, 2.05) is 0 Å². The van der Waals surface area contributed by atoms with Crippen LogP contribution >= 0.6 is 0 Å². The molecule has 0 unspecified atom stereocenters. The van der Waals surface area contributed by atoms with Crippen molar-refractivity contribution in [1.82, 2.24) is 5.43 Å². The maximum Gasteiger partial charge on any atom is 0.450 e. The Labute approximate surface area is 149 Å². The molecule has 1 amide bonds. The topological polar surface area (TPSA) is 150 Å². The Kier molecular flexibility index (Phi) is 7.10. The zero-order valence-corrected chi connectivity index (χ0v) is 13.6. The number of nitrogens with one attached hydrogen (secondary N) is 2. The zero-order valence-electron chi connectivity index (χ0n) is 13.6. The van der Waals surface area contributed by atoms with E-state index in [0.29, 0.717) is 0 Å². The molecule has 0 aliphatic rings. The third-order valence-corrected chi connectivity index (χ3v) is 2.79. The summed E-state index contributed by atoms with van der Waals surface area (Å²) in [5.41, 5.74) is 2.33. The third kappa shape index (κ3) is 6.53. The fourth-order valence-corrected chi connectivity index (χ4v) is 1.54. The highest BCUT2D eigenvalue weighted by molar-refractivity contribution is 6.45. The number of Topliss-reactive ketones (excluding diaryl/α,β-unsaturated/α-hetero) is 1. The van der Waals surface area contributed by atoms with Gasteiger partial charge >= 0.3 is 12.1 Å². The van der Waals surface area contributed by atoms with Crippen molar-refractivity contribution in [2.24, 2.45) is 10.2 Å². The van der Waals surface area contributed by atoms with Gasteiger partial charge in [-0.25, -0.2) is 5.43 Å². The Hall–Kier alpha value is -3.82. The van der Waals surface area contributed by atoms with Crippen LogP contribution in [0.1, 0.15) is 13.3 Å². The predicted molar refractivity (Wildman–Crippen MR) is 86.7 cm³/mol. The van der Waals surface area contributed by atoms with Crippen LogP contribution in [0.5, 0.6) is 0 Å². The summed E-state index contributed by atoms with van der Waals surface area (Å²) in [5, 5.41) is 26.4. The number of nitro benzene ring substituents is 1. The molecule has 0 saturated carbocycles. The van der Waals surface area contributed by atoms with E-state index >= 15 is 0 Å². The lowest BCUT2D eigenvalue weighted by Gasteiger charge is -2.05. The molecule has 2 N–H and O–H groups in total. The van der Waals surface area contributed by atoms with Crippen LogP contribution in [0.25, 0.3) is 0 Å². The lowest BCUT2D eigenvalue weighted by atomic mass is 10.2. The molecule has 1 rings (SSSR count). The number of benzene rings is 1. The van der Waals surface area contributed by atoms with E-state index in [2.05, 4.69) is 15.6 Å². The molecule has 0 aliphatic heterocycles. The number of carbonyl (C=O) groups is 2. The first-order valence-electron chi connectivity index (χ1n) is 6.97. The van der Waals surface area contributed by atoms with E-state index in [1.54, 1.807) is 5.43 Å². The van der Waals surface area contributed by atoms with Gasteiger partial charge in [0.25, 0.3) is 5.69 Å². The second-order valence-electron chi connectivity index (χ2n) is 4.84. The molecule has 0 atom stereocenters. The summed E-state index contributed by atoms with van der Waals surface area (Å²) in [7, 11) is 0. The average molecular weight is 384 g/mol. The zero-order chi connectivity index (χ0) is 20.6. The third-order valence-electron chi connectivity index (χ3n) is 2.79. The average Bonchev–Trinajstić information content (AvgIpc) is 2.59. The van der Waals surface area contributed by atoms with Crippen molar-refractivity contribution in [3.63, 3.8) is 0 Å². The maximum absolute atomic E-state index is 12.1. The molecule has 10 nitrogen and oxygen atoms in total. The van der Waals surface area contributed by atoms with Gasteiger partial charge in [-0.15, -0.1) is 0 Å². The predicted octanol–water partition coefficient (Wildman–Crippen LogP) is 1.90. The number of hydrogen-bond donors (Lipinski definition) is 2. The van der Waals surface area contributed by atoms with Gasteiger partial charge in [0.2, 0.25) is 11.5 Å². The molecule has 0 spiro atoms. The molecular weight excluding hydrogens is 373 g/mol. The molecule has 0 saturated heterocycles. The Balaban J connectivity index is 2.82. The number of ketones is 1. The number of hydrogen-bond acceptors (Lipinski definition) is 8. The van der Waals surface area contributed by atoms with Crippen LogP contribution in [0.4, 0.5) is 24.5 Å². The normalized spacial score (nSPS) is 12.1. The Morgan fingerprint density at radius 1 is 1.30 bits per heavy atom. The summed E-state index contributed by atoms with van der Waals surface area (Å²) in [4.78, 5) is 32.7. The van der Waals surface area contributed by atoms with E-state index in [9.17, 15) is 32.9 Å². The highest BCUT2D eigenvalue weighted by Gasteiger charge is 2.38. The first kappa shape index (κ1) is 21.2. The highest BCUT2D eigenvalue weighted by atomic mass is 19.4. The van der Waals surface area contributed by atoms with Gasteiger partial charge in [0.15, 0.2) is 0 Å². The minimum Gasteiger partial charge on any atom is -0.289 e. The van der Waals surface area contributed by atoms with Gasteiger partial charge in [-0.3, -0.25) is 25.1 Å². The monoisotopic (exact) mass is 384 g/mol. The first-order chi connectivity index (χ1) is 12.6. The van der Waals surface area contributed by atoms with Crippen LogP contribution in [0.15, 0.2) is 34.5 Å². The molecule has 0 heterocycles. The number of halogens is 3. The fraction of sp³-hybridized carbons (Fsp3) is 0.214. The molecule has 0 aliphatic carbocycles. The largest absolute Gasteiger partial charge is 0.450 e. The summed E-state index contributed by atoms with van der Waals surface area (Å²) in [6.45, 7) is 1.07. The van der Waals surface area contributed by atoms with Gasteiger partial charge in [-0.2, -0.15) is 28.6 Å². The molecule has 0 aromatic heterocycles. The maximum atomic E-state index is 12.1. The number of nitriles is 1. The van der Waals surface area contributed by atoms with Crippen molar-refractivity contribution in [3.8, 4) is 6.07 Å². The number of alkyl halides is 3. The molecule has 1 aromatic rings. The Bertz CT molecular complexity index is 857. The summed E-state index contributed by atoms with van der Waals surface area (Å²) >= 11 is 0. The van der Waals surface area contributed by atoms with Gasteiger partial charge in [-0.05, 0) is 13.0 Å². The first-order valence-corrected chi connectivity index (χ1v) is 6.97. The van der Waals surface area contributed by atoms with Crippen molar-refractivity contribution >= 4 is 34.5 Å². The Morgan fingerprint density at radius 2 is 1.93 bits per heavy atom. The SMILES string of the molecule is C/C(CC(=O)C(F)(F)F)=N/NC(=O)/C(C#N)=N\Nc1ccccc1[N+](=O)[O-]. The second-order valence-corrected chi connectivity index (χ2v) is 4.84. The lowest BCUT2D eigenvalue weighted by molar-refractivity contribution is -0.384. The van der Waals surface area contributed by atoms with Crippen LogP contribution in [0, 0.1) is 21.4 Å². The highest BCUT2D eigenvalue weighted by Crippen LogP contribution is 2.23. The number of nitrogens with zero attached hydrogens (tertiary/aromatic N) is 4. The van der Waals surface area contributed by atoms with Crippen molar-refractivity contribution in [1.29, 1.82) is 5.26 Å². The molecule has 0 bridgehead atoms. The van der Waals surface area contributed by atoms with Crippen LogP contribution in [-0.2, 0) is 9.59 Å². The van der Waals surface area contributed by atoms with Crippen molar-refractivity contribution < 1.29 is 27.7 Å². The number of amides is 1. The molecule has 0 radical (unpaired) electrons. The summed E-state index contributed by atoms with van der Waals surface area (Å²) < 4.78 is 36.4. The molecule has 1 aromatic carbocycles. The van der Waals surface area contributed by atoms with E-state index in [0.717, 1.165) is 13.0 Å². The van der Waals surface area contributed by atoms with E-state index < -0.39 is 34.9 Å². The number of hydrazone groups is 2. The Morgan fingerprint density at radius 3 is 2.48 bits per heavy atom. The lowest BCUT2D eigenvalue weighted by Crippen LogP contribution is -2.29. The number of rotatable bonds is 7. The molecule has 27 heavy (non-hydrogen) atoms. The van der Waals surface area contributed by atoms with Crippen LogP contribution in [-0.4, -0.2) is 34.2 Å². The van der Waals surface area contributed by atoms with Crippen LogP contribution in [0.3, 0.4) is 0 Å². The fourth-order valence-electron chi connectivity index (χ4n) is 1.54. The standard InChI is InChI=1S/C14H11F3N6O4/c1-8(6-12(24)14(15,16)17)19-22-13(25)10(7-18)21-20-9-4-2-3-5-11(9)23(26)27/h2-5,20H,6H2,1H3,(H,22,25)/b19-8-,21-10-. The van der Waals surface area contributed by atoms with Crippen molar-refractivity contribution in [2.45, 2.75) is 19.5 Å². The van der Waals surface area contributed by atoms with E-state index in [-0.39, 0.29) is 17.1 Å². The summed E-state index contributed by atoms with van der Waals surface area (Å²) in [6, 6.07) is 6.68. The van der Waals surface area contributed by atoms with Gasteiger partial charge in [0.05, 0.1) is 11.3 Å². The second kappa shape index (κ2) is 9.04. The van der Waals surface area contributed by atoms with E-state index in [4.69, 9.17) is 5.26 Å². The minimum atomic E-state index is -5.03. The number of nitro groups is 1. The molecular formula is C14H11F3N6O4. The number of anilines is 1. The van der Waals surface area contributed by atoms with Gasteiger partial charge in [0, 0.05) is 11.8 Å². The summed E-state index contributed by atoms with van der Waals surface area (Å²) in [5.74, 6) is -3.24. The van der Waals surface area contributed by atoms with E-state index in [1.165, 1.54) is 24.3 Å². The number of para-hydroxylation sites is 2. The number of carbonyl (C=O) groups excluding carboxylic acids is 2. The van der Waals surface area contributed by atoms with Gasteiger partial charge in [-0.1, -0.05) is 12.1 Å². The van der Waals surface area contributed by atoms with Crippen LogP contribution < -0.4 is 10.9 Å². The van der Waals surface area contributed by atoms with Gasteiger partial charge in [0.1, 0.15) is 11.8 Å². The molecule has 142 valence electrons. The summed E-state index contributed by atoms with van der Waals surface area (Å²) in [6.07, 6.45) is -6.11. The van der Waals surface area contributed by atoms with Crippen LogP contribution in [0.2, 0.25) is 0 Å². The van der Waals surface area contributed by atoms with Crippen molar-refractivity contribution in [2.75, 3.05) is 5.43 Å². The van der Waals surface area contributed by atoms with Gasteiger partial charge < -0.3 is 0 Å². The molecule has 0 fully saturated rings. The smallest absolute Gasteiger partial charge is 0.289 e. The van der Waals surface area contributed by atoms with Crippen molar-refractivity contribution in [3.05, 3.63) is 34.4 Å². The quantitative estimate of drug-likeness (QED) is 0.416.